The molecule has 2 saturated heterocycles. The van der Waals surface area contributed by atoms with Crippen molar-refractivity contribution in [3.05, 3.63) is 68.6 Å². The summed E-state index contributed by atoms with van der Waals surface area (Å²) < 4.78 is 1.84. The molecule has 202 valence electrons. The Morgan fingerprint density at radius 1 is 1.14 bits per heavy atom. The van der Waals surface area contributed by atoms with Gasteiger partial charge in [0.05, 0.1) is 5.71 Å². The van der Waals surface area contributed by atoms with Crippen LogP contribution in [0.1, 0.15) is 66.7 Å². The number of carbonyl (C=O) groups excluding carboxylic acids is 1. The van der Waals surface area contributed by atoms with Crippen LogP contribution in [0.25, 0.3) is 0 Å². The molecule has 2 aliphatic rings. The molecule has 2 aliphatic heterocycles. The zero-order valence-electron chi connectivity index (χ0n) is 22.2. The molecule has 0 radical (unpaired) electrons. The molecule has 2 fully saturated rings. The second kappa shape index (κ2) is 12.6. The SMILES string of the molecule is CCO/N=C(\c1ccc(Br)cc1)C1CCN(C2(C)CCN(C(=O)c3c(C)cc[n+]([O-])c3C)CC2)CC1.[Cl-]. The first-order chi connectivity index (χ1) is 17.2. The van der Waals surface area contributed by atoms with E-state index in [0.717, 1.165) is 64.8 Å². The average molecular weight is 593 g/mol. The van der Waals surface area contributed by atoms with Gasteiger partial charge >= 0.3 is 0 Å². The van der Waals surface area contributed by atoms with Crippen molar-refractivity contribution < 1.29 is 26.8 Å². The Kier molecular flexibility index (Phi) is 10.0. The number of aryl methyl sites for hydroxylation is 1. The summed E-state index contributed by atoms with van der Waals surface area (Å²) in [6.07, 6.45) is 5.40. The van der Waals surface area contributed by atoms with Crippen molar-refractivity contribution in [2.45, 2.75) is 58.9 Å². The van der Waals surface area contributed by atoms with Gasteiger partial charge in [0.2, 0.25) is 5.69 Å². The number of pyridine rings is 1. The van der Waals surface area contributed by atoms with Gasteiger partial charge in [0, 0.05) is 42.0 Å². The second-order valence-corrected chi connectivity index (χ2v) is 11.2. The van der Waals surface area contributed by atoms with E-state index in [-0.39, 0.29) is 23.9 Å². The lowest BCUT2D eigenvalue weighted by molar-refractivity contribution is -0.612. The predicted molar refractivity (Wildman–Crippen MR) is 145 cm³/mol. The largest absolute Gasteiger partial charge is 1.00 e. The summed E-state index contributed by atoms with van der Waals surface area (Å²) in [5.74, 6) is 0.337. The van der Waals surface area contributed by atoms with Crippen LogP contribution < -0.4 is 17.1 Å². The van der Waals surface area contributed by atoms with E-state index >= 15 is 0 Å². The number of amides is 1. The molecule has 4 rings (SSSR count). The molecule has 7 nitrogen and oxygen atoms in total. The summed E-state index contributed by atoms with van der Waals surface area (Å²) in [5.41, 5.74) is 4.11. The van der Waals surface area contributed by atoms with Gasteiger partial charge in [-0.15, -0.1) is 0 Å². The fourth-order valence-corrected chi connectivity index (χ4v) is 5.83. The minimum Gasteiger partial charge on any atom is -1.00 e. The summed E-state index contributed by atoms with van der Waals surface area (Å²) in [6, 6.07) is 10.0. The van der Waals surface area contributed by atoms with Crippen molar-refractivity contribution in [1.29, 1.82) is 0 Å². The third kappa shape index (κ3) is 6.47. The van der Waals surface area contributed by atoms with Crippen molar-refractivity contribution in [2.75, 3.05) is 32.8 Å². The number of hydrogen-bond acceptors (Lipinski definition) is 5. The number of nitrogens with zero attached hydrogens (tertiary/aromatic N) is 4. The van der Waals surface area contributed by atoms with Crippen molar-refractivity contribution >= 4 is 27.5 Å². The zero-order valence-corrected chi connectivity index (χ0v) is 24.5. The van der Waals surface area contributed by atoms with Crippen LogP contribution in [0.5, 0.6) is 0 Å². The van der Waals surface area contributed by atoms with E-state index in [4.69, 9.17) is 4.84 Å². The molecule has 0 spiro atoms. The van der Waals surface area contributed by atoms with Gasteiger partial charge in [0.1, 0.15) is 12.2 Å². The Bertz CT molecular complexity index is 1110. The molecule has 3 heterocycles. The van der Waals surface area contributed by atoms with Crippen molar-refractivity contribution in [1.82, 2.24) is 9.80 Å². The number of oxime groups is 1. The normalized spacial score (nSPS) is 18.8. The smallest absolute Gasteiger partial charge is 0.260 e. The first-order valence-corrected chi connectivity index (χ1v) is 13.7. The third-order valence-electron chi connectivity index (χ3n) is 7.97. The summed E-state index contributed by atoms with van der Waals surface area (Å²) in [7, 11) is 0. The first kappa shape index (κ1) is 29.4. The molecule has 0 saturated carbocycles. The molecular formula is C28H37BrClN4O3-. The van der Waals surface area contributed by atoms with E-state index in [1.807, 2.05) is 18.7 Å². The predicted octanol–water partition coefficient (Wildman–Crippen LogP) is 1.85. The van der Waals surface area contributed by atoms with E-state index < -0.39 is 0 Å². The van der Waals surface area contributed by atoms with E-state index in [2.05, 4.69) is 57.2 Å². The van der Waals surface area contributed by atoms with Crippen LogP contribution in [0.15, 0.2) is 46.2 Å². The molecular weight excluding hydrogens is 556 g/mol. The van der Waals surface area contributed by atoms with Crippen LogP contribution in [0.4, 0.5) is 0 Å². The molecule has 0 N–H and O–H groups in total. The average Bonchev–Trinajstić information content (AvgIpc) is 2.88. The van der Waals surface area contributed by atoms with Gasteiger partial charge in [-0.3, -0.25) is 9.69 Å². The van der Waals surface area contributed by atoms with Crippen molar-refractivity contribution in [2.24, 2.45) is 11.1 Å². The Hall–Kier alpha value is -2.16. The molecule has 1 aromatic carbocycles. The molecule has 9 heteroatoms. The minimum atomic E-state index is -0.0257. The Morgan fingerprint density at radius 3 is 2.35 bits per heavy atom. The minimum absolute atomic E-state index is 0. The van der Waals surface area contributed by atoms with Gasteiger partial charge in [0.25, 0.3) is 5.91 Å². The third-order valence-corrected chi connectivity index (χ3v) is 8.49. The van der Waals surface area contributed by atoms with Crippen LogP contribution >= 0.6 is 15.9 Å². The fraction of sp³-hybridized carbons (Fsp3) is 0.536. The van der Waals surface area contributed by atoms with Gasteiger partial charge < -0.3 is 27.4 Å². The summed E-state index contributed by atoms with van der Waals surface area (Å²) >= 11 is 3.52. The summed E-state index contributed by atoms with van der Waals surface area (Å²) in [5, 5.41) is 16.6. The highest BCUT2D eigenvalue weighted by Crippen LogP contribution is 2.34. The maximum absolute atomic E-state index is 13.3. The number of hydrogen-bond donors (Lipinski definition) is 0. The molecule has 1 aromatic heterocycles. The molecule has 2 aromatic rings. The Labute approximate surface area is 235 Å². The lowest BCUT2D eigenvalue weighted by Crippen LogP contribution is -3.00. The topological polar surface area (TPSA) is 72.1 Å². The molecule has 0 unspecified atom stereocenters. The fourth-order valence-electron chi connectivity index (χ4n) is 5.57. The molecule has 0 atom stereocenters. The van der Waals surface area contributed by atoms with Gasteiger partial charge in [-0.25, -0.2) is 0 Å². The zero-order chi connectivity index (χ0) is 25.9. The standard InChI is InChI=1S/C28H37BrN4O3.ClH/c1-5-36-30-26(22-6-8-24(29)9-7-22)23-11-15-32(16-12-23)28(4)13-18-31(19-14-28)27(34)25-20(2)10-17-33(35)21(25)3;/h6-10,17,23H,5,11-16,18-19H2,1-4H3;1H/p-1/b30-26+;. The van der Waals surface area contributed by atoms with Crippen LogP contribution in [0, 0.1) is 25.0 Å². The number of likely N-dealkylation sites (tertiary alicyclic amines) is 2. The number of piperidine rings is 2. The lowest BCUT2D eigenvalue weighted by atomic mass is 9.82. The van der Waals surface area contributed by atoms with Gasteiger partial charge in [-0.05, 0) is 82.8 Å². The second-order valence-electron chi connectivity index (χ2n) is 10.2. The van der Waals surface area contributed by atoms with E-state index in [0.29, 0.717) is 36.9 Å². The maximum Gasteiger partial charge on any atom is 0.260 e. The van der Waals surface area contributed by atoms with Crippen molar-refractivity contribution in [3.63, 3.8) is 0 Å². The van der Waals surface area contributed by atoms with E-state index in [1.165, 1.54) is 6.20 Å². The van der Waals surface area contributed by atoms with Crippen LogP contribution in [0.2, 0.25) is 0 Å². The highest BCUT2D eigenvalue weighted by atomic mass is 79.9. The summed E-state index contributed by atoms with van der Waals surface area (Å²) in [6.45, 7) is 11.9. The van der Waals surface area contributed by atoms with Crippen LogP contribution in [-0.4, -0.2) is 59.7 Å². The Morgan fingerprint density at radius 2 is 1.76 bits per heavy atom. The monoisotopic (exact) mass is 591 g/mol. The highest BCUT2D eigenvalue weighted by molar-refractivity contribution is 9.10. The quantitative estimate of drug-likeness (QED) is 0.222. The van der Waals surface area contributed by atoms with Crippen molar-refractivity contribution in [3.8, 4) is 0 Å². The highest BCUT2D eigenvalue weighted by Gasteiger charge is 2.40. The van der Waals surface area contributed by atoms with Crippen LogP contribution in [0.3, 0.4) is 0 Å². The van der Waals surface area contributed by atoms with Gasteiger partial charge in [-0.2, -0.15) is 4.73 Å². The Balaban J connectivity index is 0.00000380. The number of rotatable bonds is 6. The number of carbonyl (C=O) groups is 1. The van der Waals surface area contributed by atoms with Gasteiger partial charge in [0.15, 0.2) is 6.20 Å². The number of aromatic nitrogens is 1. The molecule has 0 aliphatic carbocycles. The van der Waals surface area contributed by atoms with E-state index in [9.17, 15) is 10.0 Å². The number of halogens is 2. The first-order valence-electron chi connectivity index (χ1n) is 12.9. The summed E-state index contributed by atoms with van der Waals surface area (Å²) in [4.78, 5) is 23.3. The van der Waals surface area contributed by atoms with Gasteiger partial charge in [-0.1, -0.05) is 33.2 Å². The molecule has 1 amide bonds. The maximum atomic E-state index is 13.3. The lowest BCUT2D eigenvalue weighted by Gasteiger charge is -2.49. The van der Waals surface area contributed by atoms with Crippen LogP contribution in [-0.2, 0) is 4.84 Å². The number of benzene rings is 1. The van der Waals surface area contributed by atoms with E-state index in [1.54, 1.807) is 13.0 Å². The molecule has 37 heavy (non-hydrogen) atoms. The molecule has 0 bridgehead atoms.